The second-order valence-corrected chi connectivity index (χ2v) is 8.86. The van der Waals surface area contributed by atoms with E-state index in [2.05, 4.69) is 15.6 Å². The third-order valence-electron chi connectivity index (χ3n) is 4.43. The van der Waals surface area contributed by atoms with Crippen molar-refractivity contribution >= 4 is 27.1 Å². The Morgan fingerprint density at radius 3 is 2.47 bits per heavy atom. The lowest BCUT2D eigenvalue weighted by Crippen LogP contribution is -2.23. The largest absolute Gasteiger partial charge is 0.416 e. The Balaban J connectivity index is 1.83. The van der Waals surface area contributed by atoms with Crippen molar-refractivity contribution in [3.05, 3.63) is 83.6 Å². The number of carbonyl (C=O) groups excluding carboxylic acids is 1. The summed E-state index contributed by atoms with van der Waals surface area (Å²) in [7, 11) is -3.54. The highest BCUT2D eigenvalue weighted by atomic mass is 32.2. The average Bonchev–Trinajstić information content (AvgIpc) is 2.73. The van der Waals surface area contributed by atoms with Crippen molar-refractivity contribution in [2.24, 2.45) is 5.73 Å². The number of nitrogens with zero attached hydrogens (tertiary/aromatic N) is 1. The standard InChI is InChI=1S/C21H19F3N4O3S/c1-32(30,31)18-11-13(9-10-26-18)19(25)28-17-8-3-2-7-16(17)20(29)27-15-6-4-5-14(12-15)21(22,23)24/h2-12,19,28H,25H2,1H3,(H,27,29). The molecular formula is C21H19F3N4O3S. The summed E-state index contributed by atoms with van der Waals surface area (Å²) in [5, 5.41) is 5.22. The molecule has 3 aromatic rings. The minimum atomic E-state index is -4.54. The zero-order chi connectivity index (χ0) is 23.5. The molecule has 1 amide bonds. The van der Waals surface area contributed by atoms with E-state index in [1.807, 2.05) is 0 Å². The van der Waals surface area contributed by atoms with Gasteiger partial charge in [0, 0.05) is 23.8 Å². The van der Waals surface area contributed by atoms with E-state index in [1.165, 1.54) is 36.5 Å². The quantitative estimate of drug-likeness (QED) is 0.478. The predicted octanol–water partition coefficient (Wildman–Crippen LogP) is 3.83. The number of nitrogens with two attached hydrogens (primary N) is 1. The lowest BCUT2D eigenvalue weighted by molar-refractivity contribution is -0.137. The lowest BCUT2D eigenvalue weighted by atomic mass is 10.1. The molecule has 1 unspecified atom stereocenters. The fourth-order valence-corrected chi connectivity index (χ4v) is 3.45. The van der Waals surface area contributed by atoms with Crippen molar-refractivity contribution in [1.29, 1.82) is 0 Å². The number of hydrogen-bond donors (Lipinski definition) is 3. The Bertz CT molecular complexity index is 1250. The van der Waals surface area contributed by atoms with Crippen molar-refractivity contribution in [3.8, 4) is 0 Å². The van der Waals surface area contributed by atoms with Crippen LogP contribution in [0.4, 0.5) is 24.5 Å². The van der Waals surface area contributed by atoms with Crippen molar-refractivity contribution < 1.29 is 26.4 Å². The number of amides is 1. The molecule has 7 nitrogen and oxygen atoms in total. The minimum absolute atomic E-state index is 0.0177. The molecule has 2 aromatic carbocycles. The summed E-state index contributed by atoms with van der Waals surface area (Å²) in [4.78, 5) is 16.5. The highest BCUT2D eigenvalue weighted by Crippen LogP contribution is 2.31. The second-order valence-electron chi connectivity index (χ2n) is 6.90. The number of halogens is 3. The predicted molar refractivity (Wildman–Crippen MR) is 114 cm³/mol. The first kappa shape index (κ1) is 23.2. The molecule has 0 saturated heterocycles. The van der Waals surface area contributed by atoms with E-state index in [4.69, 9.17) is 5.73 Å². The van der Waals surface area contributed by atoms with Crippen molar-refractivity contribution in [2.75, 3.05) is 16.9 Å². The van der Waals surface area contributed by atoms with Gasteiger partial charge >= 0.3 is 6.18 Å². The van der Waals surface area contributed by atoms with Crippen LogP contribution in [0.1, 0.15) is 27.7 Å². The van der Waals surface area contributed by atoms with Crippen LogP contribution < -0.4 is 16.4 Å². The highest BCUT2D eigenvalue weighted by molar-refractivity contribution is 7.90. The van der Waals surface area contributed by atoms with E-state index < -0.39 is 33.6 Å². The number of hydrogen-bond acceptors (Lipinski definition) is 6. The molecule has 0 saturated carbocycles. The molecule has 1 heterocycles. The number of rotatable bonds is 6. The van der Waals surface area contributed by atoms with Gasteiger partial charge in [-0.1, -0.05) is 18.2 Å². The zero-order valence-corrected chi connectivity index (χ0v) is 17.5. The minimum Gasteiger partial charge on any atom is -0.366 e. The summed E-state index contributed by atoms with van der Waals surface area (Å²) in [6.45, 7) is 0. The number of aromatic nitrogens is 1. The Kier molecular flexibility index (Phi) is 6.51. The summed E-state index contributed by atoms with van der Waals surface area (Å²) >= 11 is 0. The number of carbonyl (C=O) groups is 1. The Hall–Kier alpha value is -3.44. The van der Waals surface area contributed by atoms with Crippen LogP contribution in [0.5, 0.6) is 0 Å². The van der Waals surface area contributed by atoms with E-state index in [0.29, 0.717) is 11.3 Å². The molecule has 0 aliphatic carbocycles. The summed E-state index contributed by atoms with van der Waals surface area (Å²) in [5.74, 6) is -0.647. The SMILES string of the molecule is CS(=O)(=O)c1cc(C(N)Nc2ccccc2C(=O)Nc2cccc(C(F)(F)F)c2)ccn1. The Morgan fingerprint density at radius 2 is 1.78 bits per heavy atom. The number of sulfone groups is 1. The molecule has 4 N–H and O–H groups in total. The first-order valence-electron chi connectivity index (χ1n) is 9.21. The smallest absolute Gasteiger partial charge is 0.366 e. The van der Waals surface area contributed by atoms with Crippen LogP contribution in [0, 0.1) is 0 Å². The number of benzene rings is 2. The van der Waals surface area contributed by atoms with Gasteiger partial charge in [0.2, 0.25) is 0 Å². The van der Waals surface area contributed by atoms with Crippen LogP contribution in [0.3, 0.4) is 0 Å². The van der Waals surface area contributed by atoms with Gasteiger partial charge in [0.15, 0.2) is 14.9 Å². The van der Waals surface area contributed by atoms with Gasteiger partial charge in [-0.3, -0.25) is 4.79 Å². The van der Waals surface area contributed by atoms with Gasteiger partial charge in [0.25, 0.3) is 5.91 Å². The molecule has 0 aliphatic heterocycles. The number of nitrogens with one attached hydrogen (secondary N) is 2. The lowest BCUT2D eigenvalue weighted by Gasteiger charge is -2.18. The maximum atomic E-state index is 12.9. The molecule has 168 valence electrons. The van der Waals surface area contributed by atoms with Crippen LogP contribution in [0.25, 0.3) is 0 Å². The number of pyridine rings is 1. The molecule has 11 heteroatoms. The second kappa shape index (κ2) is 8.97. The fourth-order valence-electron chi connectivity index (χ4n) is 2.85. The molecule has 32 heavy (non-hydrogen) atoms. The molecule has 1 aromatic heterocycles. The molecule has 0 spiro atoms. The summed E-state index contributed by atoms with van der Waals surface area (Å²) in [6.07, 6.45) is -3.10. The average molecular weight is 464 g/mol. The highest BCUT2D eigenvalue weighted by Gasteiger charge is 2.30. The van der Waals surface area contributed by atoms with Crippen molar-refractivity contribution in [1.82, 2.24) is 4.98 Å². The number of anilines is 2. The Labute approximate surface area is 182 Å². The van der Waals surface area contributed by atoms with Crippen molar-refractivity contribution in [2.45, 2.75) is 17.4 Å². The molecular weight excluding hydrogens is 445 g/mol. The number of alkyl halides is 3. The molecule has 1 atom stereocenters. The zero-order valence-electron chi connectivity index (χ0n) is 16.7. The van der Waals surface area contributed by atoms with E-state index >= 15 is 0 Å². The summed E-state index contributed by atoms with van der Waals surface area (Å²) in [6, 6.07) is 13.4. The third kappa shape index (κ3) is 5.62. The van der Waals surface area contributed by atoms with Gasteiger partial charge in [-0.15, -0.1) is 0 Å². The molecule has 0 fully saturated rings. The normalized spacial score (nSPS) is 12.8. The van der Waals surface area contributed by atoms with Gasteiger partial charge in [0.05, 0.1) is 11.1 Å². The molecule has 3 rings (SSSR count). The maximum Gasteiger partial charge on any atom is 0.416 e. The van der Waals surface area contributed by atoms with Crippen LogP contribution >= 0.6 is 0 Å². The summed E-state index contributed by atoms with van der Waals surface area (Å²) < 4.78 is 62.2. The first-order chi connectivity index (χ1) is 14.9. The van der Waals surface area contributed by atoms with Gasteiger partial charge in [-0.25, -0.2) is 13.4 Å². The maximum absolute atomic E-state index is 12.9. The van der Waals surface area contributed by atoms with Crippen molar-refractivity contribution in [3.63, 3.8) is 0 Å². The van der Waals surface area contributed by atoms with E-state index in [1.54, 1.807) is 18.2 Å². The van der Waals surface area contributed by atoms with E-state index in [0.717, 1.165) is 18.4 Å². The van der Waals surface area contributed by atoms with Gasteiger partial charge < -0.3 is 16.4 Å². The first-order valence-corrected chi connectivity index (χ1v) is 11.1. The van der Waals surface area contributed by atoms with Gasteiger partial charge in [-0.05, 0) is 48.0 Å². The van der Waals surface area contributed by atoms with Gasteiger partial charge in [0.1, 0.15) is 6.17 Å². The van der Waals surface area contributed by atoms with Crippen LogP contribution in [0.2, 0.25) is 0 Å². The Morgan fingerprint density at radius 1 is 1.06 bits per heavy atom. The number of para-hydroxylation sites is 1. The molecule has 0 radical (unpaired) electrons. The van der Waals surface area contributed by atoms with Crippen LogP contribution in [0.15, 0.2) is 71.9 Å². The molecule has 0 bridgehead atoms. The van der Waals surface area contributed by atoms with E-state index in [-0.39, 0.29) is 16.3 Å². The van der Waals surface area contributed by atoms with Crippen LogP contribution in [-0.4, -0.2) is 25.6 Å². The fraction of sp³-hybridized carbons (Fsp3) is 0.143. The van der Waals surface area contributed by atoms with Crippen LogP contribution in [-0.2, 0) is 16.0 Å². The molecule has 0 aliphatic rings. The monoisotopic (exact) mass is 464 g/mol. The third-order valence-corrected chi connectivity index (χ3v) is 5.41. The topological polar surface area (TPSA) is 114 Å². The van der Waals surface area contributed by atoms with Gasteiger partial charge in [-0.2, -0.15) is 13.2 Å². The summed E-state index contributed by atoms with van der Waals surface area (Å²) in [5.41, 5.74) is 6.09. The van der Waals surface area contributed by atoms with E-state index in [9.17, 15) is 26.4 Å².